The molecule has 10 nitrogen and oxygen atoms in total. The summed E-state index contributed by atoms with van der Waals surface area (Å²) < 4.78 is 37.7. The van der Waals surface area contributed by atoms with Gasteiger partial charge in [0, 0.05) is 32.2 Å². The third-order valence-corrected chi connectivity index (χ3v) is 7.53. The second-order valence-corrected chi connectivity index (χ2v) is 9.66. The lowest BCUT2D eigenvalue weighted by atomic mass is 10.1. The number of nitrogens with zero attached hydrogens (tertiary/aromatic N) is 3. The van der Waals surface area contributed by atoms with Crippen LogP contribution in [0.3, 0.4) is 0 Å². The van der Waals surface area contributed by atoms with Crippen molar-refractivity contribution in [1.82, 2.24) is 9.21 Å². The Kier molecular flexibility index (Phi) is 7.54. The van der Waals surface area contributed by atoms with Crippen molar-refractivity contribution in [2.75, 3.05) is 39.9 Å². The van der Waals surface area contributed by atoms with E-state index in [1.54, 1.807) is 4.90 Å². The first-order valence-electron chi connectivity index (χ1n) is 10.4. The van der Waals surface area contributed by atoms with Gasteiger partial charge in [-0.2, -0.15) is 4.31 Å². The second-order valence-electron chi connectivity index (χ2n) is 7.72. The van der Waals surface area contributed by atoms with Gasteiger partial charge in [0.15, 0.2) is 5.75 Å². The highest BCUT2D eigenvalue weighted by atomic mass is 32.2. The number of ether oxygens (including phenoxy) is 2. The summed E-state index contributed by atoms with van der Waals surface area (Å²) in [5, 5.41) is 11.2. The maximum absolute atomic E-state index is 13.0. The molecule has 1 aliphatic rings. The average molecular weight is 478 g/mol. The molecule has 2 aromatic rings. The van der Waals surface area contributed by atoms with E-state index in [1.165, 1.54) is 23.5 Å². The normalized spacial score (nSPS) is 14.7. The summed E-state index contributed by atoms with van der Waals surface area (Å²) in [7, 11) is -2.66. The molecule has 1 fully saturated rings. The third kappa shape index (κ3) is 5.60. The molecule has 33 heavy (non-hydrogen) atoms. The molecule has 2 aromatic carbocycles. The van der Waals surface area contributed by atoms with E-state index in [-0.39, 0.29) is 55.8 Å². The minimum atomic E-state index is -3.94. The van der Waals surface area contributed by atoms with Gasteiger partial charge in [0.1, 0.15) is 5.75 Å². The highest BCUT2D eigenvalue weighted by Gasteiger charge is 2.31. The summed E-state index contributed by atoms with van der Waals surface area (Å²) in [6.45, 7) is 4.91. The number of amides is 1. The number of benzene rings is 2. The maximum atomic E-state index is 13.0. The fourth-order valence-electron chi connectivity index (χ4n) is 3.52. The Hall–Kier alpha value is -3.18. The van der Waals surface area contributed by atoms with Gasteiger partial charge in [0.05, 0.1) is 30.0 Å². The molecule has 11 heteroatoms. The van der Waals surface area contributed by atoms with Crippen LogP contribution in [-0.4, -0.2) is 68.3 Å². The van der Waals surface area contributed by atoms with Gasteiger partial charge in [-0.25, -0.2) is 8.42 Å². The molecule has 3 rings (SSSR count). The van der Waals surface area contributed by atoms with Crippen molar-refractivity contribution in [3.05, 3.63) is 57.6 Å². The first kappa shape index (κ1) is 24.5. The fourth-order valence-corrected chi connectivity index (χ4v) is 4.96. The third-order valence-electron chi connectivity index (χ3n) is 5.64. The van der Waals surface area contributed by atoms with Crippen molar-refractivity contribution in [2.45, 2.75) is 25.2 Å². The molecular formula is C22H27N3O7S. The highest BCUT2D eigenvalue weighted by molar-refractivity contribution is 7.89. The zero-order chi connectivity index (χ0) is 24.2. The minimum Gasteiger partial charge on any atom is -0.493 e. The summed E-state index contributed by atoms with van der Waals surface area (Å²) in [6.07, 6.45) is 0.185. The number of sulfonamides is 1. The number of piperazine rings is 1. The number of hydrogen-bond acceptors (Lipinski definition) is 7. The van der Waals surface area contributed by atoms with Crippen molar-refractivity contribution in [1.29, 1.82) is 0 Å². The fraction of sp³-hybridized carbons (Fsp3) is 0.409. The van der Waals surface area contributed by atoms with E-state index in [1.807, 2.05) is 32.0 Å². The van der Waals surface area contributed by atoms with Gasteiger partial charge in [-0.15, -0.1) is 0 Å². The van der Waals surface area contributed by atoms with Crippen LogP contribution in [0.2, 0.25) is 0 Å². The SMILES string of the molecule is COc1ccc(S(=O)(=O)N2CCN(C(=O)CCOc3ccc(C)c(C)c3)CC2)cc1[N+](=O)[O-]. The predicted octanol–water partition coefficient (Wildman–Crippen LogP) is 2.52. The lowest BCUT2D eigenvalue weighted by molar-refractivity contribution is -0.386. The van der Waals surface area contributed by atoms with Crippen molar-refractivity contribution in [3.8, 4) is 11.5 Å². The van der Waals surface area contributed by atoms with Crippen molar-refractivity contribution < 1.29 is 27.6 Å². The molecule has 178 valence electrons. The number of nitro groups is 1. The summed E-state index contributed by atoms with van der Waals surface area (Å²) in [4.78, 5) is 24.5. The Morgan fingerprint density at radius 1 is 1.06 bits per heavy atom. The van der Waals surface area contributed by atoms with E-state index in [0.29, 0.717) is 5.75 Å². The standard InChI is InChI=1S/C22H27N3O7S/c1-16-4-5-18(14-17(16)2)32-13-8-22(26)23-9-11-24(12-10-23)33(29,30)19-6-7-21(31-3)20(15-19)25(27)28/h4-7,14-15H,8-13H2,1-3H3. The minimum absolute atomic E-state index is 0.0163. The molecule has 1 aliphatic heterocycles. The maximum Gasteiger partial charge on any atom is 0.312 e. The first-order valence-corrected chi connectivity index (χ1v) is 11.9. The molecule has 0 aromatic heterocycles. The highest BCUT2D eigenvalue weighted by Crippen LogP contribution is 2.30. The zero-order valence-electron chi connectivity index (χ0n) is 18.8. The monoisotopic (exact) mass is 477 g/mol. The van der Waals surface area contributed by atoms with Crippen LogP contribution < -0.4 is 9.47 Å². The Morgan fingerprint density at radius 3 is 2.36 bits per heavy atom. The Bertz CT molecular complexity index is 1140. The van der Waals surface area contributed by atoms with Gasteiger partial charge in [0.25, 0.3) is 0 Å². The Balaban J connectivity index is 1.56. The van der Waals surface area contributed by atoms with Crippen LogP contribution in [0.25, 0.3) is 0 Å². The summed E-state index contributed by atoms with van der Waals surface area (Å²) in [5.74, 6) is 0.573. The second kappa shape index (κ2) is 10.2. The van der Waals surface area contributed by atoms with Crippen molar-refractivity contribution >= 4 is 21.6 Å². The van der Waals surface area contributed by atoms with E-state index >= 15 is 0 Å². The molecule has 0 N–H and O–H groups in total. The molecule has 0 radical (unpaired) electrons. The summed E-state index contributed by atoms with van der Waals surface area (Å²) >= 11 is 0. The van der Waals surface area contributed by atoms with Crippen LogP contribution in [0.5, 0.6) is 11.5 Å². The molecule has 1 saturated heterocycles. The number of carbonyl (C=O) groups excluding carboxylic acids is 1. The van der Waals surface area contributed by atoms with Gasteiger partial charge in [-0.1, -0.05) is 6.07 Å². The Labute approximate surface area is 192 Å². The lowest BCUT2D eigenvalue weighted by Crippen LogP contribution is -2.50. The molecule has 0 aliphatic carbocycles. The molecular weight excluding hydrogens is 450 g/mol. The predicted molar refractivity (Wildman–Crippen MR) is 121 cm³/mol. The molecule has 0 bridgehead atoms. The van der Waals surface area contributed by atoms with E-state index in [0.717, 1.165) is 17.2 Å². The molecule has 0 spiro atoms. The number of methoxy groups -OCH3 is 1. The van der Waals surface area contributed by atoms with Crippen molar-refractivity contribution in [2.24, 2.45) is 0 Å². The average Bonchev–Trinajstić information content (AvgIpc) is 2.80. The number of aryl methyl sites for hydroxylation is 2. The van der Waals surface area contributed by atoms with Crippen LogP contribution in [-0.2, 0) is 14.8 Å². The number of hydrogen-bond donors (Lipinski definition) is 0. The Morgan fingerprint density at radius 2 is 1.76 bits per heavy atom. The lowest BCUT2D eigenvalue weighted by Gasteiger charge is -2.34. The smallest absolute Gasteiger partial charge is 0.312 e. The van der Waals surface area contributed by atoms with Gasteiger partial charge in [-0.05, 0) is 49.2 Å². The summed E-state index contributed by atoms with van der Waals surface area (Å²) in [6, 6.07) is 9.29. The van der Waals surface area contributed by atoms with Crippen LogP contribution in [0.4, 0.5) is 5.69 Å². The first-order chi connectivity index (χ1) is 15.6. The molecule has 1 heterocycles. The van der Waals surface area contributed by atoms with E-state index < -0.39 is 20.6 Å². The quantitative estimate of drug-likeness (QED) is 0.423. The van der Waals surface area contributed by atoms with Gasteiger partial charge in [-0.3, -0.25) is 14.9 Å². The van der Waals surface area contributed by atoms with E-state index in [9.17, 15) is 23.3 Å². The largest absolute Gasteiger partial charge is 0.493 e. The topological polar surface area (TPSA) is 119 Å². The molecule has 0 atom stereocenters. The van der Waals surface area contributed by atoms with Crippen molar-refractivity contribution in [3.63, 3.8) is 0 Å². The van der Waals surface area contributed by atoms with Crippen LogP contribution in [0.1, 0.15) is 17.5 Å². The van der Waals surface area contributed by atoms with Crippen LogP contribution in [0.15, 0.2) is 41.3 Å². The van der Waals surface area contributed by atoms with Gasteiger partial charge < -0.3 is 14.4 Å². The van der Waals surface area contributed by atoms with Gasteiger partial charge in [0.2, 0.25) is 15.9 Å². The number of nitro benzene ring substituents is 1. The summed E-state index contributed by atoms with van der Waals surface area (Å²) in [5.41, 5.74) is 1.85. The van der Waals surface area contributed by atoms with E-state index in [4.69, 9.17) is 9.47 Å². The molecule has 0 saturated carbocycles. The van der Waals surface area contributed by atoms with Gasteiger partial charge >= 0.3 is 5.69 Å². The number of rotatable bonds is 8. The zero-order valence-corrected chi connectivity index (χ0v) is 19.6. The molecule has 0 unspecified atom stereocenters. The van der Waals surface area contributed by atoms with Crippen LogP contribution >= 0.6 is 0 Å². The van der Waals surface area contributed by atoms with E-state index in [2.05, 4.69) is 0 Å². The van der Waals surface area contributed by atoms with Crippen LogP contribution in [0, 0.1) is 24.0 Å². The molecule has 1 amide bonds. The number of carbonyl (C=O) groups is 1.